The van der Waals surface area contributed by atoms with Crippen molar-refractivity contribution in [3.05, 3.63) is 188 Å². The molecular formula is C51H31N3S2. The molecule has 3 aromatic heterocycles. The Balaban J connectivity index is 1.07. The average molecular weight is 750 g/mol. The van der Waals surface area contributed by atoms with Crippen LogP contribution in [0.15, 0.2) is 188 Å². The van der Waals surface area contributed by atoms with Crippen molar-refractivity contribution in [2.75, 3.05) is 0 Å². The molecule has 0 aliphatic carbocycles. The normalized spacial score (nSPS) is 11.6. The Bertz CT molecular complexity index is 3220. The van der Waals surface area contributed by atoms with Gasteiger partial charge in [-0.1, -0.05) is 158 Å². The molecule has 0 N–H and O–H groups in total. The first-order valence-electron chi connectivity index (χ1n) is 18.7. The molecule has 0 aliphatic rings. The van der Waals surface area contributed by atoms with E-state index < -0.39 is 0 Å². The molecule has 56 heavy (non-hydrogen) atoms. The van der Waals surface area contributed by atoms with Crippen LogP contribution in [0.5, 0.6) is 0 Å². The van der Waals surface area contributed by atoms with Gasteiger partial charge in [0, 0.05) is 62.6 Å². The molecule has 3 nitrogen and oxygen atoms in total. The Kier molecular flexibility index (Phi) is 7.87. The summed E-state index contributed by atoms with van der Waals surface area (Å²) in [4.78, 5) is 15.4. The number of fused-ring (bicyclic) bond motifs is 6. The van der Waals surface area contributed by atoms with Crippen LogP contribution in [-0.4, -0.2) is 15.0 Å². The first kappa shape index (κ1) is 32.6. The van der Waals surface area contributed by atoms with Crippen LogP contribution in [0.2, 0.25) is 0 Å². The quantitative estimate of drug-likeness (QED) is 0.170. The van der Waals surface area contributed by atoms with Crippen molar-refractivity contribution in [2.45, 2.75) is 0 Å². The van der Waals surface area contributed by atoms with E-state index in [-0.39, 0.29) is 0 Å². The topological polar surface area (TPSA) is 38.7 Å². The van der Waals surface area contributed by atoms with Crippen LogP contribution in [-0.2, 0) is 0 Å². The van der Waals surface area contributed by atoms with E-state index in [9.17, 15) is 0 Å². The highest BCUT2D eigenvalue weighted by Gasteiger charge is 2.19. The van der Waals surface area contributed by atoms with Gasteiger partial charge >= 0.3 is 0 Å². The summed E-state index contributed by atoms with van der Waals surface area (Å²) in [6.07, 6.45) is 0. The molecule has 262 valence electrons. The van der Waals surface area contributed by atoms with E-state index in [0.29, 0.717) is 17.5 Å². The summed E-state index contributed by atoms with van der Waals surface area (Å²) in [5.74, 6) is 1.97. The monoisotopic (exact) mass is 749 g/mol. The summed E-state index contributed by atoms with van der Waals surface area (Å²) in [5, 5.41) is 4.97. The van der Waals surface area contributed by atoms with Gasteiger partial charge in [0.05, 0.1) is 0 Å². The minimum atomic E-state index is 0.651. The van der Waals surface area contributed by atoms with Gasteiger partial charge in [0.25, 0.3) is 0 Å². The lowest BCUT2D eigenvalue weighted by Gasteiger charge is -2.11. The fourth-order valence-electron chi connectivity index (χ4n) is 7.80. The number of hydrogen-bond donors (Lipinski definition) is 0. The van der Waals surface area contributed by atoms with Crippen molar-refractivity contribution in [3.63, 3.8) is 0 Å². The molecule has 0 bridgehead atoms. The summed E-state index contributed by atoms with van der Waals surface area (Å²) in [6.45, 7) is 0. The first-order chi connectivity index (χ1) is 27.7. The van der Waals surface area contributed by atoms with Gasteiger partial charge in [-0.25, -0.2) is 15.0 Å². The second-order valence-electron chi connectivity index (χ2n) is 14.0. The Morgan fingerprint density at radius 3 is 1.57 bits per heavy atom. The van der Waals surface area contributed by atoms with Crippen LogP contribution >= 0.6 is 22.7 Å². The second-order valence-corrected chi connectivity index (χ2v) is 16.1. The summed E-state index contributed by atoms with van der Waals surface area (Å²) in [6, 6.07) is 66.8. The summed E-state index contributed by atoms with van der Waals surface area (Å²) in [5.41, 5.74) is 10.2. The van der Waals surface area contributed by atoms with Crippen molar-refractivity contribution in [1.29, 1.82) is 0 Å². The number of nitrogens with zero attached hydrogens (tertiary/aromatic N) is 3. The largest absolute Gasteiger partial charge is 0.208 e. The van der Waals surface area contributed by atoms with E-state index >= 15 is 0 Å². The Morgan fingerprint density at radius 1 is 0.286 bits per heavy atom. The molecule has 0 saturated heterocycles. The van der Waals surface area contributed by atoms with Crippen LogP contribution in [0.25, 0.3) is 108 Å². The highest BCUT2D eigenvalue weighted by molar-refractivity contribution is 7.26. The fourth-order valence-corrected chi connectivity index (χ4v) is 10.2. The number of rotatable bonds is 6. The molecule has 0 saturated carbocycles. The fraction of sp³-hybridized carbons (Fsp3) is 0. The van der Waals surface area contributed by atoms with E-state index in [1.54, 1.807) is 0 Å². The highest BCUT2D eigenvalue weighted by atomic mass is 32.1. The zero-order valence-electron chi connectivity index (χ0n) is 30.1. The first-order valence-corrected chi connectivity index (χ1v) is 20.3. The summed E-state index contributed by atoms with van der Waals surface area (Å²) in [7, 11) is 0. The van der Waals surface area contributed by atoms with Crippen LogP contribution in [0, 0.1) is 0 Å². The van der Waals surface area contributed by atoms with E-state index in [4.69, 9.17) is 15.0 Å². The molecule has 0 amide bonds. The summed E-state index contributed by atoms with van der Waals surface area (Å²) >= 11 is 3.70. The average Bonchev–Trinajstić information content (AvgIpc) is 3.85. The molecule has 0 atom stereocenters. The van der Waals surface area contributed by atoms with Gasteiger partial charge in [-0.15, -0.1) is 22.7 Å². The molecule has 0 radical (unpaired) electrons. The van der Waals surface area contributed by atoms with Gasteiger partial charge in [-0.3, -0.25) is 0 Å². The van der Waals surface area contributed by atoms with E-state index in [1.807, 2.05) is 46.9 Å². The number of hydrogen-bond acceptors (Lipinski definition) is 5. The molecule has 11 aromatic rings. The lowest BCUT2D eigenvalue weighted by molar-refractivity contribution is 1.08. The van der Waals surface area contributed by atoms with Crippen LogP contribution in [0.1, 0.15) is 0 Å². The Morgan fingerprint density at radius 2 is 0.839 bits per heavy atom. The lowest BCUT2D eigenvalue weighted by atomic mass is 9.95. The van der Waals surface area contributed by atoms with E-state index in [1.165, 1.54) is 68.2 Å². The highest BCUT2D eigenvalue weighted by Crippen LogP contribution is 2.46. The van der Waals surface area contributed by atoms with Crippen LogP contribution in [0.3, 0.4) is 0 Å². The molecule has 0 fully saturated rings. The molecule has 0 aliphatic heterocycles. The molecule has 5 heteroatoms. The predicted molar refractivity (Wildman–Crippen MR) is 238 cm³/mol. The third kappa shape index (κ3) is 5.68. The number of benzene rings is 8. The lowest BCUT2D eigenvalue weighted by Crippen LogP contribution is -2.00. The zero-order chi connectivity index (χ0) is 37.0. The van der Waals surface area contributed by atoms with Crippen LogP contribution < -0.4 is 0 Å². The molecule has 0 spiro atoms. The number of thiophene rings is 2. The van der Waals surface area contributed by atoms with E-state index in [2.05, 4.69) is 164 Å². The minimum Gasteiger partial charge on any atom is -0.208 e. The summed E-state index contributed by atoms with van der Waals surface area (Å²) < 4.78 is 5.06. The van der Waals surface area contributed by atoms with E-state index in [0.717, 1.165) is 22.3 Å². The third-order valence-corrected chi connectivity index (χ3v) is 12.9. The minimum absolute atomic E-state index is 0.651. The molecule has 3 heterocycles. The van der Waals surface area contributed by atoms with Gasteiger partial charge in [0.1, 0.15) is 0 Å². The number of aromatic nitrogens is 3. The smallest absolute Gasteiger partial charge is 0.164 e. The SMILES string of the molecule is c1ccc(-c2ccc(-c3nc(-c4ccccc4)nc(-c4cccc5sc6cc(-c7cc(-c8ccccc8)cc8c7sc7ccccc78)ccc6c45)n3)cc2)cc1. The molecule has 8 aromatic carbocycles. The van der Waals surface area contributed by atoms with Crippen molar-refractivity contribution in [1.82, 2.24) is 15.0 Å². The Labute approximate surface area is 331 Å². The van der Waals surface area contributed by atoms with Gasteiger partial charge in [0.15, 0.2) is 17.5 Å². The maximum atomic E-state index is 5.18. The maximum absolute atomic E-state index is 5.18. The predicted octanol–water partition coefficient (Wildman–Crippen LogP) is 14.6. The van der Waals surface area contributed by atoms with Gasteiger partial charge in [0.2, 0.25) is 0 Å². The molecule has 0 unspecified atom stereocenters. The zero-order valence-corrected chi connectivity index (χ0v) is 31.7. The standard InChI is InChI=1S/C51H31N3S2/c1-4-13-32(14-5-1)34-23-25-36(26-24-34)50-52-49(35-17-8-3-9-18-35)53-51(54-50)41-20-12-22-45-47(41)40-28-27-37(31-46(40)55-45)42-29-38(33-15-6-2-7-16-33)30-43-39-19-10-11-21-44(39)56-48(42)43/h1-31H. The van der Waals surface area contributed by atoms with Gasteiger partial charge in [-0.2, -0.15) is 0 Å². The van der Waals surface area contributed by atoms with Crippen molar-refractivity contribution < 1.29 is 0 Å². The van der Waals surface area contributed by atoms with Crippen LogP contribution in [0.4, 0.5) is 0 Å². The molecular weight excluding hydrogens is 719 g/mol. The molecule has 11 rings (SSSR count). The maximum Gasteiger partial charge on any atom is 0.164 e. The third-order valence-electron chi connectivity index (χ3n) is 10.6. The van der Waals surface area contributed by atoms with Crippen molar-refractivity contribution in [2.24, 2.45) is 0 Å². The van der Waals surface area contributed by atoms with Crippen molar-refractivity contribution in [3.8, 4) is 67.5 Å². The van der Waals surface area contributed by atoms with Gasteiger partial charge < -0.3 is 0 Å². The Hall–Kier alpha value is -6.79. The van der Waals surface area contributed by atoms with Gasteiger partial charge in [-0.05, 0) is 58.1 Å². The van der Waals surface area contributed by atoms with Crippen molar-refractivity contribution >= 4 is 63.0 Å². The second kappa shape index (κ2) is 13.5.